The second-order valence-electron chi connectivity index (χ2n) is 9.83. The fraction of sp³-hybridized carbons (Fsp3) is 0.156. The summed E-state index contributed by atoms with van der Waals surface area (Å²) in [6.45, 7) is 12.5. The lowest BCUT2D eigenvalue weighted by Crippen LogP contribution is -2.17. The van der Waals surface area contributed by atoms with E-state index in [1.165, 1.54) is 6.07 Å². The lowest BCUT2D eigenvalue weighted by molar-refractivity contribution is 0.624. The van der Waals surface area contributed by atoms with E-state index in [0.717, 1.165) is 67.3 Å². The third kappa shape index (κ3) is 5.29. The molecule has 4 heterocycles. The molecule has 196 valence electrons. The van der Waals surface area contributed by atoms with Crippen LogP contribution in [0.15, 0.2) is 102 Å². The smallest absolute Gasteiger partial charge is 0.138 e. The SMILES string of the molecule is C=C(C)NCc1cc(F)cc(-c2ccnc3[nH]c(C4=NC(=C/C)/C4=C\C(=C)c4cncc(N(C)C)c4)cc23)c1. The third-order valence-electron chi connectivity index (χ3n) is 6.62. The van der Waals surface area contributed by atoms with Crippen LogP contribution in [0, 0.1) is 5.82 Å². The molecule has 0 bridgehead atoms. The number of aromatic nitrogens is 3. The summed E-state index contributed by atoms with van der Waals surface area (Å²) in [5, 5.41) is 4.07. The highest BCUT2D eigenvalue weighted by Gasteiger charge is 2.25. The maximum absolute atomic E-state index is 14.6. The molecule has 1 aliphatic rings. The molecule has 2 N–H and O–H groups in total. The van der Waals surface area contributed by atoms with Gasteiger partial charge in [-0.25, -0.2) is 14.4 Å². The van der Waals surface area contributed by atoms with Gasteiger partial charge in [0.25, 0.3) is 0 Å². The second kappa shape index (κ2) is 10.5. The molecule has 4 aromatic rings. The van der Waals surface area contributed by atoms with Gasteiger partial charge >= 0.3 is 0 Å². The van der Waals surface area contributed by atoms with Crippen LogP contribution in [0.3, 0.4) is 0 Å². The van der Waals surface area contributed by atoms with Crippen molar-refractivity contribution < 1.29 is 4.39 Å². The fourth-order valence-corrected chi connectivity index (χ4v) is 4.55. The van der Waals surface area contributed by atoms with Crippen LogP contribution in [0.5, 0.6) is 0 Å². The van der Waals surface area contributed by atoms with Gasteiger partial charge in [-0.15, -0.1) is 0 Å². The average molecular weight is 519 g/mol. The second-order valence-corrected chi connectivity index (χ2v) is 9.83. The number of halogens is 1. The van der Waals surface area contributed by atoms with E-state index < -0.39 is 0 Å². The summed E-state index contributed by atoms with van der Waals surface area (Å²) in [4.78, 5) is 19.1. The van der Waals surface area contributed by atoms with Crippen molar-refractivity contribution >= 4 is 28.0 Å². The van der Waals surface area contributed by atoms with Crippen molar-refractivity contribution in [1.82, 2.24) is 20.3 Å². The van der Waals surface area contributed by atoms with Gasteiger partial charge in [-0.05, 0) is 78.6 Å². The first-order chi connectivity index (χ1) is 18.7. The van der Waals surface area contributed by atoms with Gasteiger partial charge in [0.15, 0.2) is 0 Å². The van der Waals surface area contributed by atoms with E-state index in [2.05, 4.69) is 39.5 Å². The minimum atomic E-state index is -0.288. The number of hydrogen-bond acceptors (Lipinski definition) is 5. The number of anilines is 1. The van der Waals surface area contributed by atoms with E-state index in [0.29, 0.717) is 12.2 Å². The number of nitrogens with one attached hydrogen (secondary N) is 2. The van der Waals surface area contributed by atoms with Gasteiger partial charge in [-0.3, -0.25) is 4.98 Å². The Labute approximate surface area is 228 Å². The molecular weight excluding hydrogens is 487 g/mol. The molecule has 0 amide bonds. The van der Waals surface area contributed by atoms with Crippen LogP contribution in [-0.2, 0) is 6.54 Å². The predicted octanol–water partition coefficient (Wildman–Crippen LogP) is 6.80. The summed E-state index contributed by atoms with van der Waals surface area (Å²) in [7, 11) is 3.97. The van der Waals surface area contributed by atoms with Crippen LogP contribution in [0.1, 0.15) is 30.7 Å². The van der Waals surface area contributed by atoms with Crippen molar-refractivity contribution in [3.63, 3.8) is 0 Å². The quantitative estimate of drug-likeness (QED) is 0.269. The maximum atomic E-state index is 14.6. The zero-order valence-electron chi connectivity index (χ0n) is 22.6. The molecule has 0 atom stereocenters. The molecule has 7 heteroatoms. The Kier molecular flexibility index (Phi) is 6.98. The average Bonchev–Trinajstić information content (AvgIpc) is 3.33. The van der Waals surface area contributed by atoms with Gasteiger partial charge in [-0.2, -0.15) is 0 Å². The molecule has 3 aromatic heterocycles. The lowest BCUT2D eigenvalue weighted by atomic mass is 9.93. The number of rotatable bonds is 8. The van der Waals surface area contributed by atoms with Crippen molar-refractivity contribution in [2.24, 2.45) is 4.99 Å². The predicted molar refractivity (Wildman–Crippen MR) is 159 cm³/mol. The Morgan fingerprint density at radius 1 is 1.13 bits per heavy atom. The normalized spacial score (nSPS) is 14.8. The Hall–Kier alpha value is -4.78. The lowest BCUT2D eigenvalue weighted by Gasteiger charge is -2.21. The van der Waals surface area contributed by atoms with Gasteiger partial charge in [0.2, 0.25) is 0 Å². The van der Waals surface area contributed by atoms with Gasteiger partial charge in [0.1, 0.15) is 11.5 Å². The van der Waals surface area contributed by atoms with Gasteiger partial charge in [0, 0.05) is 55.3 Å². The van der Waals surface area contributed by atoms with Crippen LogP contribution in [-0.4, -0.2) is 34.8 Å². The number of aliphatic imine (C=N–C) groups is 1. The minimum absolute atomic E-state index is 0.288. The zero-order chi connectivity index (χ0) is 27.7. The van der Waals surface area contributed by atoms with E-state index >= 15 is 0 Å². The Balaban J connectivity index is 1.51. The van der Waals surface area contributed by atoms with E-state index in [9.17, 15) is 4.39 Å². The minimum Gasteiger partial charge on any atom is -0.385 e. The van der Waals surface area contributed by atoms with Crippen LogP contribution in [0.2, 0.25) is 0 Å². The highest BCUT2D eigenvalue weighted by molar-refractivity contribution is 6.22. The van der Waals surface area contributed by atoms with E-state index in [4.69, 9.17) is 4.99 Å². The topological polar surface area (TPSA) is 69.2 Å². The van der Waals surface area contributed by atoms with Crippen molar-refractivity contribution in [2.45, 2.75) is 20.4 Å². The molecular formula is C32H31FN6. The Morgan fingerprint density at radius 2 is 1.95 bits per heavy atom. The fourth-order valence-electron chi connectivity index (χ4n) is 4.55. The molecule has 0 aliphatic carbocycles. The summed E-state index contributed by atoms with van der Waals surface area (Å²) >= 11 is 0. The molecule has 1 aromatic carbocycles. The van der Waals surface area contributed by atoms with E-state index in [1.807, 2.05) is 75.6 Å². The largest absolute Gasteiger partial charge is 0.385 e. The van der Waals surface area contributed by atoms with Crippen LogP contribution in [0.25, 0.3) is 27.7 Å². The summed E-state index contributed by atoms with van der Waals surface area (Å²) < 4.78 is 14.6. The third-order valence-corrected chi connectivity index (χ3v) is 6.62. The van der Waals surface area contributed by atoms with E-state index in [1.54, 1.807) is 12.3 Å². The van der Waals surface area contributed by atoms with Crippen molar-refractivity contribution in [1.29, 1.82) is 0 Å². The molecule has 0 saturated carbocycles. The molecule has 39 heavy (non-hydrogen) atoms. The molecule has 0 unspecified atom stereocenters. The molecule has 0 fully saturated rings. The number of nitrogens with zero attached hydrogens (tertiary/aromatic N) is 4. The van der Waals surface area contributed by atoms with Crippen LogP contribution >= 0.6 is 0 Å². The summed E-state index contributed by atoms with van der Waals surface area (Å²) in [6, 6.07) is 11.1. The van der Waals surface area contributed by atoms with Crippen molar-refractivity contribution in [3.05, 3.63) is 120 Å². The number of hydrogen-bond donors (Lipinski definition) is 2. The van der Waals surface area contributed by atoms with Crippen molar-refractivity contribution in [3.8, 4) is 11.1 Å². The first kappa shape index (κ1) is 25.9. The Morgan fingerprint density at radius 3 is 2.69 bits per heavy atom. The summed E-state index contributed by atoms with van der Waals surface area (Å²) in [5.74, 6) is -0.288. The monoisotopic (exact) mass is 518 g/mol. The van der Waals surface area contributed by atoms with E-state index in [-0.39, 0.29) is 5.82 Å². The molecule has 6 nitrogen and oxygen atoms in total. The zero-order valence-corrected chi connectivity index (χ0v) is 22.6. The molecule has 0 radical (unpaired) electrons. The molecule has 0 saturated heterocycles. The van der Waals surface area contributed by atoms with Gasteiger partial charge in [-0.1, -0.05) is 19.2 Å². The first-order valence-electron chi connectivity index (χ1n) is 12.7. The highest BCUT2D eigenvalue weighted by atomic mass is 19.1. The summed E-state index contributed by atoms with van der Waals surface area (Å²) in [6.07, 6.45) is 9.40. The van der Waals surface area contributed by atoms with Gasteiger partial charge in [0.05, 0.1) is 29.0 Å². The molecule has 5 rings (SSSR count). The number of fused-ring (bicyclic) bond motifs is 1. The summed E-state index contributed by atoms with van der Waals surface area (Å²) in [5.41, 5.74) is 10.4. The maximum Gasteiger partial charge on any atom is 0.138 e. The first-order valence-corrected chi connectivity index (χ1v) is 12.7. The molecule has 1 aliphatic heterocycles. The number of aromatic amines is 1. The van der Waals surface area contributed by atoms with Crippen LogP contribution in [0.4, 0.5) is 10.1 Å². The highest BCUT2D eigenvalue weighted by Crippen LogP contribution is 2.35. The number of benzene rings is 1. The van der Waals surface area contributed by atoms with Crippen molar-refractivity contribution in [2.75, 3.05) is 19.0 Å². The van der Waals surface area contributed by atoms with Gasteiger partial charge < -0.3 is 15.2 Å². The number of H-pyrrole nitrogens is 1. The standard InChI is InChI=1S/C32H31FN6/c1-7-29-28(10-20(4)23-14-25(39(5)6)18-34-17-23)31(37-29)30-15-27-26(8-9-35-32(27)38-30)22-11-21(12-24(33)13-22)16-36-19(2)3/h7-15,17-18,36H,2,4,16H2,1,3,5-6H3,(H,35,38)/b28-10+,29-7+. The number of pyridine rings is 2. The Bertz CT molecular complexity index is 1700. The number of allylic oxidation sites excluding steroid dienone is 5. The molecule has 0 spiro atoms. The van der Waals surface area contributed by atoms with Crippen LogP contribution < -0.4 is 10.2 Å².